The lowest BCUT2D eigenvalue weighted by Crippen LogP contribution is -2.29. The van der Waals surface area contributed by atoms with E-state index in [1.165, 1.54) is 0 Å². The van der Waals surface area contributed by atoms with Crippen LogP contribution in [-0.4, -0.2) is 29.2 Å². The molecule has 1 aliphatic heterocycles. The van der Waals surface area contributed by atoms with Crippen molar-refractivity contribution in [3.05, 3.63) is 33.8 Å². The topological polar surface area (TPSA) is 20.3 Å². The highest BCUT2D eigenvalue weighted by atomic mass is 79.9. The Kier molecular flexibility index (Phi) is 4.26. The summed E-state index contributed by atoms with van der Waals surface area (Å²) >= 11 is 6.91. The number of rotatable bonds is 2. The minimum atomic E-state index is 0.159. The summed E-state index contributed by atoms with van der Waals surface area (Å²) in [5.74, 6) is 0.763. The SMILES string of the molecule is Cc1ccc(Br)cc1C(=O)N1CCC(CBr)C1. The lowest BCUT2D eigenvalue weighted by atomic mass is 10.1. The van der Waals surface area contributed by atoms with Crippen LogP contribution in [0.2, 0.25) is 0 Å². The normalized spacial score (nSPS) is 19.7. The molecule has 92 valence electrons. The van der Waals surface area contributed by atoms with E-state index >= 15 is 0 Å². The third kappa shape index (κ3) is 2.91. The van der Waals surface area contributed by atoms with E-state index in [9.17, 15) is 4.79 Å². The van der Waals surface area contributed by atoms with Crippen LogP contribution in [0.25, 0.3) is 0 Å². The molecule has 0 radical (unpaired) electrons. The first-order valence-electron chi connectivity index (χ1n) is 5.73. The number of hydrogen-bond acceptors (Lipinski definition) is 1. The number of carbonyl (C=O) groups is 1. The van der Waals surface area contributed by atoms with Crippen molar-refractivity contribution >= 4 is 37.8 Å². The molecule has 0 bridgehead atoms. The minimum absolute atomic E-state index is 0.159. The molecule has 1 fully saturated rings. The van der Waals surface area contributed by atoms with Crippen molar-refractivity contribution in [2.24, 2.45) is 5.92 Å². The van der Waals surface area contributed by atoms with Crippen LogP contribution in [0.3, 0.4) is 0 Å². The first-order valence-corrected chi connectivity index (χ1v) is 7.64. The molecule has 0 saturated carbocycles. The van der Waals surface area contributed by atoms with Gasteiger partial charge in [0.2, 0.25) is 0 Å². The highest BCUT2D eigenvalue weighted by Gasteiger charge is 2.26. The van der Waals surface area contributed by atoms with Gasteiger partial charge < -0.3 is 4.90 Å². The summed E-state index contributed by atoms with van der Waals surface area (Å²) in [6.45, 7) is 3.73. The minimum Gasteiger partial charge on any atom is -0.338 e. The van der Waals surface area contributed by atoms with Crippen molar-refractivity contribution in [3.63, 3.8) is 0 Å². The van der Waals surface area contributed by atoms with Gasteiger partial charge in [-0.05, 0) is 37.0 Å². The fraction of sp³-hybridized carbons (Fsp3) is 0.462. The zero-order valence-corrected chi connectivity index (χ0v) is 12.9. The maximum Gasteiger partial charge on any atom is 0.254 e. The van der Waals surface area contributed by atoms with Gasteiger partial charge in [0.25, 0.3) is 5.91 Å². The Hall–Kier alpha value is -0.350. The summed E-state index contributed by atoms with van der Waals surface area (Å²) in [7, 11) is 0. The summed E-state index contributed by atoms with van der Waals surface area (Å²) in [5.41, 5.74) is 1.86. The van der Waals surface area contributed by atoms with Crippen molar-refractivity contribution in [3.8, 4) is 0 Å². The second-order valence-corrected chi connectivity index (χ2v) is 6.08. The van der Waals surface area contributed by atoms with E-state index in [2.05, 4.69) is 31.9 Å². The van der Waals surface area contributed by atoms with Crippen molar-refractivity contribution in [2.75, 3.05) is 18.4 Å². The summed E-state index contributed by atoms with van der Waals surface area (Å²) in [4.78, 5) is 14.3. The molecular formula is C13H15Br2NO. The van der Waals surface area contributed by atoms with Gasteiger partial charge in [-0.3, -0.25) is 4.79 Å². The Morgan fingerprint density at radius 3 is 2.94 bits per heavy atom. The molecule has 0 N–H and O–H groups in total. The number of benzene rings is 1. The Morgan fingerprint density at radius 1 is 1.53 bits per heavy atom. The van der Waals surface area contributed by atoms with Gasteiger partial charge in [-0.25, -0.2) is 0 Å². The van der Waals surface area contributed by atoms with E-state index in [1.807, 2.05) is 30.0 Å². The van der Waals surface area contributed by atoms with Crippen LogP contribution in [-0.2, 0) is 0 Å². The Morgan fingerprint density at radius 2 is 2.29 bits per heavy atom. The molecule has 1 unspecified atom stereocenters. The van der Waals surface area contributed by atoms with Gasteiger partial charge in [0.1, 0.15) is 0 Å². The summed E-state index contributed by atoms with van der Waals surface area (Å²) in [6.07, 6.45) is 1.10. The van der Waals surface area contributed by atoms with Crippen molar-refractivity contribution in [1.29, 1.82) is 0 Å². The zero-order chi connectivity index (χ0) is 12.4. The summed E-state index contributed by atoms with van der Waals surface area (Å²) in [5, 5.41) is 0.980. The number of aryl methyl sites for hydroxylation is 1. The molecule has 1 heterocycles. The van der Waals surface area contributed by atoms with Crippen LogP contribution in [0.1, 0.15) is 22.3 Å². The molecule has 0 aliphatic carbocycles. The third-order valence-corrected chi connectivity index (χ3v) is 4.63. The number of carbonyl (C=O) groups excluding carboxylic acids is 1. The smallest absolute Gasteiger partial charge is 0.254 e. The first kappa shape index (κ1) is 13.1. The number of alkyl halides is 1. The predicted octanol–water partition coefficient (Wildman–Crippen LogP) is 3.61. The number of hydrogen-bond donors (Lipinski definition) is 0. The van der Waals surface area contributed by atoms with E-state index in [0.29, 0.717) is 5.92 Å². The van der Waals surface area contributed by atoms with Crippen LogP contribution in [0.4, 0.5) is 0 Å². The molecule has 2 nitrogen and oxygen atoms in total. The second-order valence-electron chi connectivity index (χ2n) is 4.52. The van der Waals surface area contributed by atoms with E-state index in [0.717, 1.165) is 40.4 Å². The van der Waals surface area contributed by atoms with E-state index in [1.54, 1.807) is 0 Å². The molecule has 1 aromatic rings. The van der Waals surface area contributed by atoms with Gasteiger partial charge in [0, 0.05) is 28.5 Å². The fourth-order valence-corrected chi connectivity index (χ4v) is 3.03. The van der Waals surface area contributed by atoms with E-state index in [4.69, 9.17) is 0 Å². The molecular weight excluding hydrogens is 346 g/mol. The Bertz CT molecular complexity index is 433. The maximum absolute atomic E-state index is 12.4. The number of halogens is 2. The standard InChI is InChI=1S/C13H15Br2NO/c1-9-2-3-11(15)6-12(9)13(17)16-5-4-10(7-14)8-16/h2-3,6,10H,4-5,7-8H2,1H3. The fourth-order valence-electron chi connectivity index (χ4n) is 2.14. The molecule has 2 rings (SSSR count). The number of nitrogens with zero attached hydrogens (tertiary/aromatic N) is 1. The molecule has 1 amide bonds. The van der Waals surface area contributed by atoms with Gasteiger partial charge in [0.15, 0.2) is 0 Å². The molecule has 0 spiro atoms. The molecule has 17 heavy (non-hydrogen) atoms. The van der Waals surface area contributed by atoms with Gasteiger partial charge in [-0.2, -0.15) is 0 Å². The molecule has 1 saturated heterocycles. The molecule has 0 aromatic heterocycles. The highest BCUT2D eigenvalue weighted by molar-refractivity contribution is 9.10. The Balaban J connectivity index is 2.17. The van der Waals surface area contributed by atoms with Gasteiger partial charge in [-0.1, -0.05) is 37.9 Å². The largest absolute Gasteiger partial charge is 0.338 e. The molecule has 1 aromatic carbocycles. The first-order chi connectivity index (χ1) is 8.11. The zero-order valence-electron chi connectivity index (χ0n) is 9.75. The molecule has 1 aliphatic rings. The lowest BCUT2D eigenvalue weighted by molar-refractivity contribution is 0.0787. The van der Waals surface area contributed by atoms with Crippen LogP contribution in [0.15, 0.2) is 22.7 Å². The van der Waals surface area contributed by atoms with Gasteiger partial charge in [-0.15, -0.1) is 0 Å². The van der Waals surface area contributed by atoms with Crippen molar-refractivity contribution < 1.29 is 4.79 Å². The molecule has 1 atom stereocenters. The third-order valence-electron chi connectivity index (χ3n) is 3.22. The molecule has 4 heteroatoms. The summed E-state index contributed by atoms with van der Waals surface area (Å²) in [6, 6.07) is 5.87. The van der Waals surface area contributed by atoms with Crippen LogP contribution in [0, 0.1) is 12.8 Å². The number of likely N-dealkylation sites (tertiary alicyclic amines) is 1. The number of amides is 1. The van der Waals surface area contributed by atoms with Crippen LogP contribution >= 0.6 is 31.9 Å². The highest BCUT2D eigenvalue weighted by Crippen LogP contribution is 2.23. The van der Waals surface area contributed by atoms with Crippen molar-refractivity contribution in [1.82, 2.24) is 4.90 Å². The van der Waals surface area contributed by atoms with E-state index < -0.39 is 0 Å². The maximum atomic E-state index is 12.4. The van der Waals surface area contributed by atoms with Crippen LogP contribution < -0.4 is 0 Å². The van der Waals surface area contributed by atoms with Gasteiger partial charge >= 0.3 is 0 Å². The lowest BCUT2D eigenvalue weighted by Gasteiger charge is -2.17. The average molecular weight is 361 g/mol. The predicted molar refractivity (Wildman–Crippen MR) is 76.7 cm³/mol. The second kappa shape index (κ2) is 5.53. The Labute approximate surface area is 119 Å². The summed E-state index contributed by atoms with van der Waals surface area (Å²) < 4.78 is 0.961. The average Bonchev–Trinajstić information content (AvgIpc) is 2.80. The monoisotopic (exact) mass is 359 g/mol. The van der Waals surface area contributed by atoms with Crippen molar-refractivity contribution in [2.45, 2.75) is 13.3 Å². The quantitative estimate of drug-likeness (QED) is 0.737. The van der Waals surface area contributed by atoms with Crippen LogP contribution in [0.5, 0.6) is 0 Å². The van der Waals surface area contributed by atoms with Gasteiger partial charge in [0.05, 0.1) is 0 Å². The van der Waals surface area contributed by atoms with E-state index in [-0.39, 0.29) is 5.91 Å².